The van der Waals surface area contributed by atoms with E-state index in [0.717, 1.165) is 12.1 Å². The van der Waals surface area contributed by atoms with Crippen molar-refractivity contribution >= 4 is 18.3 Å². The molecule has 0 spiro atoms. The van der Waals surface area contributed by atoms with E-state index in [-0.39, 0.29) is 18.3 Å². The molecule has 1 atom stereocenters. The van der Waals surface area contributed by atoms with Crippen LogP contribution < -0.4 is 11.1 Å². The summed E-state index contributed by atoms with van der Waals surface area (Å²) in [4.78, 5) is 14.2. The van der Waals surface area contributed by atoms with Gasteiger partial charge in [0.25, 0.3) is 0 Å². The van der Waals surface area contributed by atoms with Crippen LogP contribution in [0.1, 0.15) is 12.5 Å². The van der Waals surface area contributed by atoms with Crippen molar-refractivity contribution in [1.29, 1.82) is 0 Å². The standard InChI is InChI=1S/C15H25N3O2.ClH/c1-15(16,13-7-5-4-6-8-13)14(19)17-9-11-20-12-10-18(2)3;/h4-8H,9-12,16H2,1-3H3,(H,17,19);1H. The summed E-state index contributed by atoms with van der Waals surface area (Å²) < 4.78 is 5.42. The number of carbonyl (C=O) groups is 1. The van der Waals surface area contributed by atoms with Crippen LogP contribution in [0, 0.1) is 0 Å². The molecule has 6 heteroatoms. The summed E-state index contributed by atoms with van der Waals surface area (Å²) >= 11 is 0. The summed E-state index contributed by atoms with van der Waals surface area (Å²) in [6, 6.07) is 9.35. The van der Waals surface area contributed by atoms with E-state index in [4.69, 9.17) is 10.5 Å². The van der Waals surface area contributed by atoms with Gasteiger partial charge in [-0.25, -0.2) is 0 Å². The van der Waals surface area contributed by atoms with Crippen molar-refractivity contribution < 1.29 is 9.53 Å². The van der Waals surface area contributed by atoms with Crippen LogP contribution in [0.2, 0.25) is 0 Å². The lowest BCUT2D eigenvalue weighted by atomic mass is 9.92. The fraction of sp³-hybridized carbons (Fsp3) is 0.533. The Balaban J connectivity index is 0.00000400. The molecule has 3 N–H and O–H groups in total. The summed E-state index contributed by atoms with van der Waals surface area (Å²) in [5, 5.41) is 2.81. The molecule has 0 bridgehead atoms. The maximum Gasteiger partial charge on any atom is 0.244 e. The molecule has 1 amide bonds. The molecular formula is C15H26ClN3O2. The zero-order valence-electron chi connectivity index (χ0n) is 13.0. The minimum Gasteiger partial charge on any atom is -0.378 e. The molecule has 1 unspecified atom stereocenters. The number of amides is 1. The van der Waals surface area contributed by atoms with E-state index in [0.29, 0.717) is 19.8 Å². The van der Waals surface area contributed by atoms with E-state index in [9.17, 15) is 4.79 Å². The van der Waals surface area contributed by atoms with Crippen molar-refractivity contribution in [2.45, 2.75) is 12.5 Å². The van der Waals surface area contributed by atoms with Crippen molar-refractivity contribution in [1.82, 2.24) is 10.2 Å². The Bertz CT molecular complexity index is 411. The molecule has 5 nitrogen and oxygen atoms in total. The first-order chi connectivity index (χ1) is 9.44. The van der Waals surface area contributed by atoms with Crippen LogP contribution in [0.3, 0.4) is 0 Å². The monoisotopic (exact) mass is 315 g/mol. The first-order valence-corrected chi connectivity index (χ1v) is 6.80. The normalized spacial score (nSPS) is 13.4. The zero-order valence-corrected chi connectivity index (χ0v) is 13.8. The van der Waals surface area contributed by atoms with Gasteiger partial charge in [0.15, 0.2) is 0 Å². The van der Waals surface area contributed by atoms with Crippen molar-refractivity contribution in [2.75, 3.05) is 40.4 Å². The summed E-state index contributed by atoms with van der Waals surface area (Å²) in [7, 11) is 3.98. The largest absolute Gasteiger partial charge is 0.378 e. The Morgan fingerprint density at radius 1 is 1.29 bits per heavy atom. The predicted octanol–water partition coefficient (Wildman–Crippen LogP) is 0.977. The lowest BCUT2D eigenvalue weighted by Crippen LogP contribution is -2.49. The van der Waals surface area contributed by atoms with Gasteiger partial charge in [0.2, 0.25) is 5.91 Å². The van der Waals surface area contributed by atoms with Crippen molar-refractivity contribution in [2.24, 2.45) is 5.73 Å². The third-order valence-electron chi connectivity index (χ3n) is 3.06. The van der Waals surface area contributed by atoms with Gasteiger partial charge in [-0.15, -0.1) is 12.4 Å². The second-order valence-corrected chi connectivity index (χ2v) is 5.24. The molecule has 0 aliphatic heterocycles. The average molecular weight is 316 g/mol. The molecule has 0 saturated heterocycles. The van der Waals surface area contributed by atoms with Crippen molar-refractivity contribution in [3.8, 4) is 0 Å². The fourth-order valence-electron chi connectivity index (χ4n) is 1.69. The highest BCUT2D eigenvalue weighted by Gasteiger charge is 2.29. The van der Waals surface area contributed by atoms with Crippen LogP contribution in [0.15, 0.2) is 30.3 Å². The van der Waals surface area contributed by atoms with Crippen LogP contribution >= 0.6 is 12.4 Å². The maximum absolute atomic E-state index is 12.1. The number of benzene rings is 1. The Labute approximate surface area is 133 Å². The summed E-state index contributed by atoms with van der Waals surface area (Å²) in [6.45, 7) is 4.19. The summed E-state index contributed by atoms with van der Waals surface area (Å²) in [6.07, 6.45) is 0. The Morgan fingerprint density at radius 3 is 2.48 bits per heavy atom. The van der Waals surface area contributed by atoms with Gasteiger partial charge in [-0.2, -0.15) is 0 Å². The minimum absolute atomic E-state index is 0. The van der Waals surface area contributed by atoms with E-state index in [1.54, 1.807) is 6.92 Å². The quantitative estimate of drug-likeness (QED) is 0.702. The van der Waals surface area contributed by atoms with Gasteiger partial charge in [0.05, 0.1) is 13.2 Å². The molecule has 0 saturated carbocycles. The van der Waals surface area contributed by atoms with Gasteiger partial charge in [0.1, 0.15) is 5.54 Å². The third-order valence-corrected chi connectivity index (χ3v) is 3.06. The van der Waals surface area contributed by atoms with Crippen LogP contribution in [0.4, 0.5) is 0 Å². The number of hydrogen-bond donors (Lipinski definition) is 2. The molecule has 1 aromatic carbocycles. The van der Waals surface area contributed by atoms with E-state index >= 15 is 0 Å². The number of nitrogens with zero attached hydrogens (tertiary/aromatic N) is 1. The molecule has 0 aliphatic rings. The predicted molar refractivity (Wildman–Crippen MR) is 87.6 cm³/mol. The second-order valence-electron chi connectivity index (χ2n) is 5.24. The van der Waals surface area contributed by atoms with E-state index in [1.165, 1.54) is 0 Å². The number of nitrogens with one attached hydrogen (secondary N) is 1. The van der Waals surface area contributed by atoms with Gasteiger partial charge in [-0.3, -0.25) is 4.79 Å². The van der Waals surface area contributed by atoms with Gasteiger partial charge in [-0.1, -0.05) is 30.3 Å². The lowest BCUT2D eigenvalue weighted by Gasteiger charge is -2.24. The molecule has 1 rings (SSSR count). The van der Waals surface area contributed by atoms with Gasteiger partial charge in [-0.05, 0) is 26.6 Å². The van der Waals surface area contributed by atoms with Crippen molar-refractivity contribution in [3.63, 3.8) is 0 Å². The molecule has 0 fully saturated rings. The van der Waals surface area contributed by atoms with Gasteiger partial charge in [0, 0.05) is 13.1 Å². The summed E-state index contributed by atoms with van der Waals surface area (Å²) in [5.74, 6) is -0.195. The highest BCUT2D eigenvalue weighted by Crippen LogP contribution is 2.16. The molecule has 0 heterocycles. The molecule has 21 heavy (non-hydrogen) atoms. The van der Waals surface area contributed by atoms with Gasteiger partial charge >= 0.3 is 0 Å². The lowest BCUT2D eigenvalue weighted by molar-refractivity contribution is -0.126. The number of carbonyl (C=O) groups excluding carboxylic acids is 1. The zero-order chi connectivity index (χ0) is 15.0. The molecule has 120 valence electrons. The third kappa shape index (κ3) is 6.91. The smallest absolute Gasteiger partial charge is 0.244 e. The molecule has 0 radical (unpaired) electrons. The number of likely N-dealkylation sites (N-methyl/N-ethyl adjacent to an activating group) is 1. The van der Waals surface area contributed by atoms with E-state index < -0.39 is 5.54 Å². The number of ether oxygens (including phenoxy) is 1. The van der Waals surface area contributed by atoms with Crippen LogP contribution in [-0.4, -0.2) is 51.2 Å². The average Bonchev–Trinajstić information content (AvgIpc) is 2.43. The summed E-state index contributed by atoms with van der Waals surface area (Å²) in [5.41, 5.74) is 5.88. The number of rotatable bonds is 8. The molecule has 0 aromatic heterocycles. The molecule has 1 aromatic rings. The Morgan fingerprint density at radius 2 is 1.90 bits per heavy atom. The fourth-order valence-corrected chi connectivity index (χ4v) is 1.69. The number of hydrogen-bond acceptors (Lipinski definition) is 4. The minimum atomic E-state index is -1.02. The van der Waals surface area contributed by atoms with Crippen LogP contribution in [0.25, 0.3) is 0 Å². The van der Waals surface area contributed by atoms with E-state index in [2.05, 4.69) is 5.32 Å². The molecular weight excluding hydrogens is 290 g/mol. The number of nitrogens with two attached hydrogens (primary N) is 1. The SMILES string of the molecule is CN(C)CCOCCNC(=O)C(C)(N)c1ccccc1.Cl. The highest BCUT2D eigenvalue weighted by atomic mass is 35.5. The first kappa shape index (κ1) is 19.9. The topological polar surface area (TPSA) is 67.6 Å². The van der Waals surface area contributed by atoms with Gasteiger partial charge < -0.3 is 20.7 Å². The Hall–Kier alpha value is -1.14. The molecule has 0 aliphatic carbocycles. The highest BCUT2D eigenvalue weighted by molar-refractivity contribution is 5.86. The first-order valence-electron chi connectivity index (χ1n) is 6.80. The van der Waals surface area contributed by atoms with Crippen molar-refractivity contribution in [3.05, 3.63) is 35.9 Å². The number of halogens is 1. The van der Waals surface area contributed by atoms with E-state index in [1.807, 2.05) is 49.3 Å². The Kier molecular flexibility index (Phi) is 9.21. The maximum atomic E-state index is 12.1. The van der Waals surface area contributed by atoms with Crippen LogP contribution in [-0.2, 0) is 15.1 Å². The van der Waals surface area contributed by atoms with Crippen LogP contribution in [0.5, 0.6) is 0 Å². The second kappa shape index (κ2) is 9.73.